The first-order valence-electron chi connectivity index (χ1n) is 18.0. The van der Waals surface area contributed by atoms with Gasteiger partial charge in [0.2, 0.25) is 0 Å². The lowest BCUT2D eigenvalue weighted by molar-refractivity contribution is 1.63. The first kappa shape index (κ1) is 31.3. The second kappa shape index (κ2) is 12.3. The highest BCUT2D eigenvalue weighted by atomic mass is 14.2. The van der Waals surface area contributed by atoms with Gasteiger partial charge in [-0.3, -0.25) is 0 Å². The fourth-order valence-corrected chi connectivity index (χ4v) is 8.64. The molecule has 0 nitrogen and oxygen atoms in total. The van der Waals surface area contributed by atoms with Crippen LogP contribution >= 0.6 is 0 Å². The second-order valence-electron chi connectivity index (χ2n) is 14.2. The van der Waals surface area contributed by atoms with Crippen molar-refractivity contribution < 1.29 is 0 Å². The predicted molar refractivity (Wildman–Crippen MR) is 239 cm³/mol. The quantitative estimate of drug-likeness (QED) is 0.199. The van der Waals surface area contributed by atoms with Crippen LogP contribution in [0.15, 0.2) is 152 Å². The molecule has 0 bridgehead atoms. The largest absolute Gasteiger partial charge is 0.139 e. The molecule has 0 fully saturated rings. The van der Waals surface area contributed by atoms with Gasteiger partial charge in [0.15, 0.2) is 0 Å². The van der Waals surface area contributed by atoms with Crippen LogP contribution in [0.3, 0.4) is 0 Å². The van der Waals surface area contributed by atoms with Gasteiger partial charge in [0.25, 0.3) is 0 Å². The summed E-state index contributed by atoms with van der Waals surface area (Å²) in [6, 6.07) is 56.3. The monoisotopic (exact) mass is 642 g/mol. The van der Waals surface area contributed by atoms with Gasteiger partial charge in [-0.05, 0) is 106 Å². The molecule has 0 amide bonds. The Balaban J connectivity index is 1.35. The van der Waals surface area contributed by atoms with E-state index in [0.717, 1.165) is 0 Å². The highest BCUT2D eigenvalue weighted by Crippen LogP contribution is 2.46. The van der Waals surface area contributed by atoms with E-state index in [4.69, 9.17) is 0 Å². The highest BCUT2D eigenvalue weighted by Gasteiger charge is 2.21. The average molecular weight is 642 g/mol. The summed E-state index contributed by atoms with van der Waals surface area (Å²) in [5, 5.41) is 10.2. The van der Waals surface area contributed by atoms with E-state index in [-0.39, 0.29) is 0 Å². The minimum absolute atomic E-state index is 1.23. The van der Waals surface area contributed by atoms with Crippen molar-refractivity contribution in [2.24, 2.45) is 0 Å². The Hall–Kier alpha value is -5.66. The van der Waals surface area contributed by atoms with E-state index in [1.54, 1.807) is 0 Å². The van der Waals surface area contributed by atoms with Crippen molar-refractivity contribution in [1.82, 2.24) is 0 Å². The molecule has 9 aromatic carbocycles. The van der Waals surface area contributed by atoms with Crippen LogP contribution in [-0.2, 0) is 0 Å². The van der Waals surface area contributed by atoms with Gasteiger partial charge in [0.05, 0.1) is 0 Å². The molecular formula is C46H35B5. The molecule has 51 heavy (non-hydrogen) atoms. The van der Waals surface area contributed by atoms with Gasteiger partial charge in [-0.1, -0.05) is 144 Å². The summed E-state index contributed by atoms with van der Waals surface area (Å²) >= 11 is 0. The van der Waals surface area contributed by atoms with Gasteiger partial charge in [-0.25, -0.2) is 0 Å². The first-order chi connectivity index (χ1) is 24.9. The van der Waals surface area contributed by atoms with Crippen LogP contribution in [0.4, 0.5) is 0 Å². The van der Waals surface area contributed by atoms with Gasteiger partial charge in [-0.2, -0.15) is 0 Å². The summed E-state index contributed by atoms with van der Waals surface area (Å²) in [7, 11) is 11.4. The summed E-state index contributed by atoms with van der Waals surface area (Å²) in [5.74, 6) is 0. The molecular weight excluding hydrogens is 607 g/mol. The van der Waals surface area contributed by atoms with Crippen molar-refractivity contribution in [3.63, 3.8) is 0 Å². The molecule has 0 atom stereocenters. The fourth-order valence-electron chi connectivity index (χ4n) is 8.64. The molecule has 0 heterocycles. The third kappa shape index (κ3) is 4.98. The van der Waals surface area contributed by atoms with Gasteiger partial charge in [-0.15, -0.1) is 16.4 Å². The van der Waals surface area contributed by atoms with Crippen molar-refractivity contribution >= 4 is 110 Å². The second-order valence-corrected chi connectivity index (χ2v) is 14.2. The summed E-state index contributed by atoms with van der Waals surface area (Å²) in [4.78, 5) is 0. The lowest BCUT2D eigenvalue weighted by Crippen LogP contribution is -2.55. The zero-order chi connectivity index (χ0) is 34.8. The number of fused-ring (bicyclic) bond motifs is 4. The molecule has 0 aliphatic carbocycles. The van der Waals surface area contributed by atoms with E-state index in [2.05, 4.69) is 191 Å². The standard InChI is InChI=1S/C46H35B5/c47-42-40(43(48)45(50)46(51)44(42)49)30-24-27-12-2-4-17-33(27)38(25-30)41-36-20-7-5-18-34(36)39(35-19-6-8-21-37(35)41)29-15-9-14-28(23-29)32-22-10-13-26-11-1-3-16-31(26)32/h1-25H,47-51H2. The first-order valence-corrected chi connectivity index (χ1v) is 18.0. The third-order valence-corrected chi connectivity index (χ3v) is 11.6. The molecule has 0 spiro atoms. The van der Waals surface area contributed by atoms with E-state index in [1.807, 2.05) is 0 Å². The molecule has 0 N–H and O–H groups in total. The summed E-state index contributed by atoms with van der Waals surface area (Å²) in [6.07, 6.45) is 0. The molecule has 0 aromatic heterocycles. The Morgan fingerprint density at radius 1 is 0.255 bits per heavy atom. The molecule has 234 valence electrons. The van der Waals surface area contributed by atoms with Crippen LogP contribution in [0.1, 0.15) is 0 Å². The van der Waals surface area contributed by atoms with Crippen LogP contribution in [-0.4, -0.2) is 39.2 Å². The smallest absolute Gasteiger partial charge is 0.102 e. The van der Waals surface area contributed by atoms with E-state index < -0.39 is 0 Å². The molecule has 0 aliphatic heterocycles. The fraction of sp³-hybridized carbons (Fsp3) is 0. The molecule has 0 radical (unpaired) electrons. The Morgan fingerprint density at radius 2 is 0.706 bits per heavy atom. The number of benzene rings is 9. The maximum atomic E-state index is 2.47. The Kier molecular flexibility index (Phi) is 7.55. The van der Waals surface area contributed by atoms with Gasteiger partial charge >= 0.3 is 0 Å². The van der Waals surface area contributed by atoms with Gasteiger partial charge in [0, 0.05) is 0 Å². The molecule has 9 aromatic rings. The number of rotatable bonds is 4. The zero-order valence-electron chi connectivity index (χ0n) is 29.9. The molecule has 0 saturated heterocycles. The van der Waals surface area contributed by atoms with Crippen molar-refractivity contribution in [2.75, 3.05) is 0 Å². The molecule has 0 aliphatic rings. The maximum Gasteiger partial charge on any atom is 0.139 e. The van der Waals surface area contributed by atoms with Crippen LogP contribution in [0.5, 0.6) is 0 Å². The molecule has 5 heteroatoms. The molecule has 9 rings (SSSR count). The van der Waals surface area contributed by atoms with Crippen molar-refractivity contribution in [1.29, 1.82) is 0 Å². The minimum Gasteiger partial charge on any atom is -0.102 e. The SMILES string of the molecule is Bc1c(B)c(B)c(-c2cc(-c3c4ccccc4c(-c4cccc(-c5cccc6ccccc56)c4)c4ccccc34)c3ccccc3c2)c(B)c1B. The topological polar surface area (TPSA) is 0 Å². The lowest BCUT2D eigenvalue weighted by Gasteiger charge is -2.23. The van der Waals surface area contributed by atoms with Crippen molar-refractivity contribution in [3.8, 4) is 44.5 Å². The Bertz CT molecular complexity index is 2780. The summed E-state index contributed by atoms with van der Waals surface area (Å²) in [6.45, 7) is 0. The maximum absolute atomic E-state index is 2.47. The molecule has 0 saturated carbocycles. The predicted octanol–water partition coefficient (Wildman–Crippen LogP) is 4.26. The van der Waals surface area contributed by atoms with Gasteiger partial charge < -0.3 is 0 Å². The van der Waals surface area contributed by atoms with E-state index in [9.17, 15) is 0 Å². The van der Waals surface area contributed by atoms with Crippen LogP contribution in [0.25, 0.3) is 87.6 Å². The minimum atomic E-state index is 1.23. The normalized spacial score (nSPS) is 11.5. The van der Waals surface area contributed by atoms with E-state index in [0.29, 0.717) is 0 Å². The van der Waals surface area contributed by atoms with Crippen molar-refractivity contribution in [3.05, 3.63) is 152 Å². The molecule has 0 unspecified atom stereocenters. The number of hydrogen-bond donors (Lipinski definition) is 0. The van der Waals surface area contributed by atoms with Crippen LogP contribution in [0.2, 0.25) is 0 Å². The zero-order valence-corrected chi connectivity index (χ0v) is 29.9. The number of hydrogen-bond acceptors (Lipinski definition) is 0. The Labute approximate surface area is 304 Å². The van der Waals surface area contributed by atoms with Crippen LogP contribution < -0.4 is 27.3 Å². The summed E-state index contributed by atoms with van der Waals surface area (Å²) < 4.78 is 0. The van der Waals surface area contributed by atoms with E-state index in [1.165, 1.54) is 115 Å². The Morgan fingerprint density at radius 3 is 1.33 bits per heavy atom. The summed E-state index contributed by atoms with van der Waals surface area (Å²) in [5.41, 5.74) is 17.1. The third-order valence-electron chi connectivity index (χ3n) is 11.6. The van der Waals surface area contributed by atoms with Crippen LogP contribution in [0, 0.1) is 0 Å². The lowest BCUT2D eigenvalue weighted by atomic mass is 9.59. The highest BCUT2D eigenvalue weighted by molar-refractivity contribution is 6.68. The van der Waals surface area contributed by atoms with Crippen molar-refractivity contribution in [2.45, 2.75) is 0 Å². The van der Waals surface area contributed by atoms with E-state index >= 15 is 0 Å². The average Bonchev–Trinajstić information content (AvgIpc) is 3.18. The van der Waals surface area contributed by atoms with Gasteiger partial charge in [0.1, 0.15) is 39.2 Å².